The molecule has 1 fully saturated rings. The summed E-state index contributed by atoms with van der Waals surface area (Å²) in [6, 6.07) is 3.83. The molecule has 1 heterocycles. The van der Waals surface area contributed by atoms with Crippen LogP contribution in [0.5, 0.6) is 0 Å². The molecule has 1 aliphatic carbocycles. The predicted octanol–water partition coefficient (Wildman–Crippen LogP) is 0.449. The normalized spacial score (nSPS) is 30.7. The lowest BCUT2D eigenvalue weighted by Gasteiger charge is -2.22. The Bertz CT molecular complexity index is 355. The zero-order valence-electron chi connectivity index (χ0n) is 8.69. The van der Waals surface area contributed by atoms with Crippen molar-refractivity contribution < 1.29 is 5.11 Å². The van der Waals surface area contributed by atoms with Gasteiger partial charge in [0, 0.05) is 18.7 Å². The Balaban J connectivity index is 2.08. The molecule has 4 heteroatoms. The monoisotopic (exact) mass is 207 g/mol. The Labute approximate surface area is 89.3 Å². The average molecular weight is 207 g/mol. The first-order chi connectivity index (χ1) is 7.07. The van der Waals surface area contributed by atoms with Crippen LogP contribution in [-0.4, -0.2) is 21.7 Å². The summed E-state index contributed by atoms with van der Waals surface area (Å²) in [4.78, 5) is 3.92. The van der Waals surface area contributed by atoms with E-state index in [1.165, 1.54) is 0 Å². The summed E-state index contributed by atoms with van der Waals surface area (Å²) in [5, 5.41) is 10.3. The third-order valence-corrected chi connectivity index (χ3v) is 3.00. The van der Waals surface area contributed by atoms with Gasteiger partial charge in [0.15, 0.2) is 0 Å². The summed E-state index contributed by atoms with van der Waals surface area (Å²) in [6.45, 7) is 0. The number of pyridine rings is 1. The number of nitrogens with two attached hydrogens (primary N) is 2. The van der Waals surface area contributed by atoms with Crippen molar-refractivity contribution in [2.75, 3.05) is 5.73 Å². The second-order valence-corrected chi connectivity index (χ2v) is 4.49. The fourth-order valence-electron chi connectivity index (χ4n) is 2.29. The van der Waals surface area contributed by atoms with E-state index in [9.17, 15) is 5.11 Å². The van der Waals surface area contributed by atoms with Crippen molar-refractivity contribution in [2.45, 2.75) is 37.3 Å². The molecule has 5 N–H and O–H groups in total. The second kappa shape index (κ2) is 3.79. The van der Waals surface area contributed by atoms with Crippen molar-refractivity contribution in [3.63, 3.8) is 0 Å². The van der Waals surface area contributed by atoms with Crippen LogP contribution in [0.2, 0.25) is 0 Å². The zero-order valence-corrected chi connectivity index (χ0v) is 8.69. The van der Waals surface area contributed by atoms with Crippen LogP contribution in [0, 0.1) is 0 Å². The summed E-state index contributed by atoms with van der Waals surface area (Å²) < 4.78 is 0. The van der Waals surface area contributed by atoms with Crippen molar-refractivity contribution in [3.8, 4) is 0 Å². The van der Waals surface area contributed by atoms with Gasteiger partial charge in [0.1, 0.15) is 5.82 Å². The molecule has 82 valence electrons. The molecule has 1 saturated carbocycles. The number of hydrogen-bond acceptors (Lipinski definition) is 4. The smallest absolute Gasteiger partial charge is 0.123 e. The molecule has 2 rings (SSSR count). The lowest BCUT2D eigenvalue weighted by molar-refractivity contribution is 0.0469. The Hall–Kier alpha value is -1.13. The predicted molar refractivity (Wildman–Crippen MR) is 59.1 cm³/mol. The average Bonchev–Trinajstić information content (AvgIpc) is 2.45. The summed E-state index contributed by atoms with van der Waals surface area (Å²) in [5.41, 5.74) is 11.8. The van der Waals surface area contributed by atoms with Gasteiger partial charge in [-0.25, -0.2) is 4.98 Å². The maximum Gasteiger partial charge on any atom is 0.123 e. The molecule has 15 heavy (non-hydrogen) atoms. The minimum absolute atomic E-state index is 0.134. The number of hydrogen-bond donors (Lipinski definition) is 3. The van der Waals surface area contributed by atoms with Crippen LogP contribution in [0.4, 0.5) is 5.82 Å². The molecule has 1 aliphatic rings. The van der Waals surface area contributed by atoms with Gasteiger partial charge >= 0.3 is 0 Å². The first-order valence-corrected chi connectivity index (χ1v) is 5.26. The van der Waals surface area contributed by atoms with E-state index in [4.69, 9.17) is 11.5 Å². The lowest BCUT2D eigenvalue weighted by Crippen LogP contribution is -2.30. The molecule has 2 unspecified atom stereocenters. The topological polar surface area (TPSA) is 85.2 Å². The summed E-state index contributed by atoms with van der Waals surface area (Å²) in [6.07, 6.45) is 4.64. The Morgan fingerprint density at radius 1 is 1.60 bits per heavy atom. The van der Waals surface area contributed by atoms with Gasteiger partial charge in [-0.1, -0.05) is 0 Å². The van der Waals surface area contributed by atoms with Gasteiger partial charge in [-0.3, -0.25) is 0 Å². The molecule has 0 aliphatic heterocycles. The summed E-state index contributed by atoms with van der Waals surface area (Å²) >= 11 is 0. The molecule has 0 amide bonds. The lowest BCUT2D eigenvalue weighted by atomic mass is 9.93. The number of aromatic nitrogens is 1. The summed E-state index contributed by atoms with van der Waals surface area (Å²) in [5.74, 6) is 0.499. The van der Waals surface area contributed by atoms with Crippen LogP contribution >= 0.6 is 0 Å². The van der Waals surface area contributed by atoms with E-state index in [1.54, 1.807) is 6.20 Å². The van der Waals surface area contributed by atoms with E-state index in [2.05, 4.69) is 4.98 Å². The molecule has 1 aromatic rings. The molecule has 1 aromatic heterocycles. The van der Waals surface area contributed by atoms with Crippen molar-refractivity contribution in [3.05, 3.63) is 23.9 Å². The molecule has 0 aromatic carbocycles. The number of rotatable bonds is 2. The molecule has 2 atom stereocenters. The Morgan fingerprint density at radius 3 is 3.00 bits per heavy atom. The SMILES string of the molecule is Nc1cc(CC2(O)CCC(N)C2)ccn1. The number of nitrogens with zero attached hydrogens (tertiary/aromatic N) is 1. The molecule has 0 bridgehead atoms. The van der Waals surface area contributed by atoms with Crippen LogP contribution in [-0.2, 0) is 6.42 Å². The standard InChI is InChI=1S/C11H17N3O/c12-9-1-3-11(15,7-9)6-8-2-4-14-10(13)5-8/h2,4-5,9,15H,1,3,6-7,12H2,(H2,13,14). The van der Waals surface area contributed by atoms with E-state index in [-0.39, 0.29) is 6.04 Å². The molecule has 0 saturated heterocycles. The van der Waals surface area contributed by atoms with Gasteiger partial charge in [0.25, 0.3) is 0 Å². The van der Waals surface area contributed by atoms with Crippen LogP contribution < -0.4 is 11.5 Å². The fourth-order valence-corrected chi connectivity index (χ4v) is 2.29. The molecule has 0 spiro atoms. The van der Waals surface area contributed by atoms with E-state index in [0.717, 1.165) is 18.4 Å². The van der Waals surface area contributed by atoms with Gasteiger partial charge in [0.2, 0.25) is 0 Å². The highest BCUT2D eigenvalue weighted by Crippen LogP contribution is 2.32. The summed E-state index contributed by atoms with van der Waals surface area (Å²) in [7, 11) is 0. The highest BCUT2D eigenvalue weighted by atomic mass is 16.3. The maximum atomic E-state index is 10.3. The van der Waals surface area contributed by atoms with E-state index >= 15 is 0 Å². The second-order valence-electron chi connectivity index (χ2n) is 4.49. The minimum Gasteiger partial charge on any atom is -0.389 e. The quantitative estimate of drug-likeness (QED) is 0.657. The maximum absolute atomic E-state index is 10.3. The largest absolute Gasteiger partial charge is 0.389 e. The third kappa shape index (κ3) is 2.46. The van der Waals surface area contributed by atoms with Crippen molar-refractivity contribution in [2.24, 2.45) is 5.73 Å². The van der Waals surface area contributed by atoms with E-state index in [0.29, 0.717) is 18.7 Å². The Morgan fingerprint density at radius 2 is 2.40 bits per heavy atom. The fraction of sp³-hybridized carbons (Fsp3) is 0.545. The van der Waals surface area contributed by atoms with E-state index in [1.807, 2.05) is 12.1 Å². The van der Waals surface area contributed by atoms with Crippen LogP contribution in [0.1, 0.15) is 24.8 Å². The number of nitrogen functional groups attached to an aromatic ring is 1. The van der Waals surface area contributed by atoms with Gasteiger partial charge in [-0.2, -0.15) is 0 Å². The van der Waals surface area contributed by atoms with Gasteiger partial charge in [-0.15, -0.1) is 0 Å². The van der Waals surface area contributed by atoms with Crippen molar-refractivity contribution >= 4 is 5.82 Å². The molecule has 4 nitrogen and oxygen atoms in total. The molecular weight excluding hydrogens is 190 g/mol. The van der Waals surface area contributed by atoms with Gasteiger partial charge in [0.05, 0.1) is 5.60 Å². The van der Waals surface area contributed by atoms with Crippen molar-refractivity contribution in [1.82, 2.24) is 4.98 Å². The first kappa shape index (κ1) is 10.4. The van der Waals surface area contributed by atoms with Crippen molar-refractivity contribution in [1.29, 1.82) is 0 Å². The zero-order chi connectivity index (χ0) is 10.9. The Kier molecular flexibility index (Phi) is 2.63. The van der Waals surface area contributed by atoms with Gasteiger partial charge < -0.3 is 16.6 Å². The highest BCUT2D eigenvalue weighted by Gasteiger charge is 2.35. The minimum atomic E-state index is -0.646. The molecular formula is C11H17N3O. The molecule has 0 radical (unpaired) electrons. The van der Waals surface area contributed by atoms with Crippen LogP contribution in [0.25, 0.3) is 0 Å². The number of anilines is 1. The van der Waals surface area contributed by atoms with Gasteiger partial charge in [-0.05, 0) is 37.0 Å². The third-order valence-electron chi connectivity index (χ3n) is 3.00. The van der Waals surface area contributed by atoms with Crippen LogP contribution in [0.3, 0.4) is 0 Å². The number of aliphatic hydroxyl groups is 1. The van der Waals surface area contributed by atoms with Crippen LogP contribution in [0.15, 0.2) is 18.3 Å². The van der Waals surface area contributed by atoms with E-state index < -0.39 is 5.60 Å². The highest BCUT2D eigenvalue weighted by molar-refractivity contribution is 5.32. The first-order valence-electron chi connectivity index (χ1n) is 5.26.